The number of halogens is 1. The van der Waals surface area contributed by atoms with E-state index in [9.17, 15) is 4.79 Å². The Hall–Kier alpha value is -2.75. The Morgan fingerprint density at radius 3 is 2.46 bits per heavy atom. The molecule has 1 fully saturated rings. The van der Waals surface area contributed by atoms with Gasteiger partial charge in [0, 0.05) is 32.3 Å². The molecule has 0 aliphatic carbocycles. The quantitative estimate of drug-likeness (QED) is 0.812. The molecule has 2 aromatic carbocycles. The van der Waals surface area contributed by atoms with Crippen LogP contribution in [0.5, 0.6) is 0 Å². The molecule has 0 spiro atoms. The van der Waals surface area contributed by atoms with E-state index in [0.717, 1.165) is 11.3 Å². The second-order valence-corrected chi connectivity index (χ2v) is 7.46. The van der Waals surface area contributed by atoms with E-state index in [0.29, 0.717) is 42.3 Å². The summed E-state index contributed by atoms with van der Waals surface area (Å²) in [6, 6.07) is 14.5. The molecule has 7 heteroatoms. The molecule has 0 aromatic heterocycles. The van der Waals surface area contributed by atoms with Gasteiger partial charge in [-0.25, -0.2) is 4.79 Å². The molecule has 0 saturated carbocycles. The van der Waals surface area contributed by atoms with Crippen molar-refractivity contribution in [3.05, 3.63) is 58.6 Å². The fourth-order valence-corrected chi connectivity index (χ4v) is 3.61. The molecule has 6 nitrogen and oxygen atoms in total. The molecule has 0 bridgehead atoms. The van der Waals surface area contributed by atoms with Crippen LogP contribution in [0.25, 0.3) is 0 Å². The molecule has 2 aromatic rings. The fraction of sp³-hybridized carbons (Fsp3) is 0.333. The Morgan fingerprint density at radius 2 is 1.86 bits per heavy atom. The van der Waals surface area contributed by atoms with Gasteiger partial charge in [-0.15, -0.1) is 0 Å². The average molecular weight is 399 g/mol. The first-order valence-electron chi connectivity index (χ1n) is 9.08. The lowest BCUT2D eigenvalue weighted by Crippen LogP contribution is -2.51. The number of amides is 2. The van der Waals surface area contributed by atoms with Crippen molar-refractivity contribution >= 4 is 29.0 Å². The molecule has 0 atom stereocenters. The summed E-state index contributed by atoms with van der Waals surface area (Å²) >= 11 is 6.12. The maximum Gasteiger partial charge on any atom is 0.320 e. The van der Waals surface area contributed by atoms with Crippen LogP contribution in [0.3, 0.4) is 0 Å². The summed E-state index contributed by atoms with van der Waals surface area (Å²) in [5.74, 6) is 0. The summed E-state index contributed by atoms with van der Waals surface area (Å²) in [6.45, 7) is 1.11. The van der Waals surface area contributed by atoms with Crippen LogP contribution in [0, 0.1) is 11.3 Å². The van der Waals surface area contributed by atoms with Crippen molar-refractivity contribution in [1.82, 2.24) is 5.32 Å². The summed E-state index contributed by atoms with van der Waals surface area (Å²) in [5, 5.41) is 15.7. The zero-order chi connectivity index (χ0) is 20.1. The number of nitrogens with one attached hydrogen (secondary N) is 2. The molecule has 1 heterocycles. The van der Waals surface area contributed by atoms with Crippen molar-refractivity contribution in [2.75, 3.05) is 37.5 Å². The number of hydrogen-bond acceptors (Lipinski definition) is 4. The first kappa shape index (κ1) is 20.0. The Morgan fingerprint density at radius 1 is 1.18 bits per heavy atom. The first-order chi connectivity index (χ1) is 13.4. The van der Waals surface area contributed by atoms with Gasteiger partial charge in [-0.2, -0.15) is 5.26 Å². The zero-order valence-electron chi connectivity index (χ0n) is 16.0. The maximum atomic E-state index is 12.9. The van der Waals surface area contributed by atoms with E-state index in [2.05, 4.69) is 16.7 Å². The molecule has 1 aliphatic rings. The largest absolute Gasteiger partial charge is 0.381 e. The summed E-state index contributed by atoms with van der Waals surface area (Å²) in [7, 11) is 3.81. The number of carbonyl (C=O) groups is 1. The third-order valence-electron chi connectivity index (χ3n) is 4.95. The predicted octanol–water partition coefficient (Wildman–Crippen LogP) is 4.11. The van der Waals surface area contributed by atoms with Crippen LogP contribution in [-0.2, 0) is 10.3 Å². The Labute approximate surface area is 170 Å². The minimum atomic E-state index is -0.548. The van der Waals surface area contributed by atoms with Gasteiger partial charge < -0.3 is 20.3 Å². The van der Waals surface area contributed by atoms with Gasteiger partial charge in [0.2, 0.25) is 0 Å². The lowest BCUT2D eigenvalue weighted by atomic mass is 9.82. The van der Waals surface area contributed by atoms with Gasteiger partial charge in [0.05, 0.1) is 28.5 Å². The number of anilines is 2. The summed E-state index contributed by atoms with van der Waals surface area (Å²) in [4.78, 5) is 14.8. The van der Waals surface area contributed by atoms with Crippen LogP contribution in [0.2, 0.25) is 5.02 Å². The number of urea groups is 1. The number of rotatable bonds is 4. The lowest BCUT2D eigenvalue weighted by molar-refractivity contribution is 0.0418. The SMILES string of the molecule is CN(C)c1ccc(Cl)cc1NC(=O)NC1(c2ccc(C#N)cc2)CCOCC1. The fourth-order valence-electron chi connectivity index (χ4n) is 3.44. The smallest absolute Gasteiger partial charge is 0.320 e. The highest BCUT2D eigenvalue weighted by atomic mass is 35.5. The topological polar surface area (TPSA) is 77.4 Å². The number of carbonyl (C=O) groups excluding carboxylic acids is 1. The van der Waals surface area contributed by atoms with E-state index in [1.54, 1.807) is 24.3 Å². The van der Waals surface area contributed by atoms with E-state index in [1.165, 1.54) is 0 Å². The Kier molecular flexibility index (Phi) is 6.08. The second kappa shape index (κ2) is 8.51. The highest BCUT2D eigenvalue weighted by molar-refractivity contribution is 6.31. The molecular weight excluding hydrogens is 376 g/mol. The van der Waals surface area contributed by atoms with Crippen molar-refractivity contribution in [3.63, 3.8) is 0 Å². The molecule has 1 aliphatic heterocycles. The lowest BCUT2D eigenvalue weighted by Gasteiger charge is -2.38. The molecule has 0 unspecified atom stereocenters. The zero-order valence-corrected chi connectivity index (χ0v) is 16.7. The molecule has 1 saturated heterocycles. The molecule has 146 valence electrons. The highest BCUT2D eigenvalue weighted by Crippen LogP contribution is 2.33. The van der Waals surface area contributed by atoms with E-state index < -0.39 is 5.54 Å². The van der Waals surface area contributed by atoms with Crippen molar-refractivity contribution in [2.24, 2.45) is 0 Å². The van der Waals surface area contributed by atoms with Gasteiger partial charge in [0.15, 0.2) is 0 Å². The third-order valence-corrected chi connectivity index (χ3v) is 5.19. The van der Waals surface area contributed by atoms with E-state index in [-0.39, 0.29) is 6.03 Å². The van der Waals surface area contributed by atoms with Crippen LogP contribution in [-0.4, -0.2) is 33.3 Å². The number of ether oxygens (including phenoxy) is 1. The number of hydrogen-bond donors (Lipinski definition) is 2. The normalized spacial score (nSPS) is 15.4. The van der Waals surface area contributed by atoms with Gasteiger partial charge in [0.25, 0.3) is 0 Å². The minimum absolute atomic E-state index is 0.309. The first-order valence-corrected chi connectivity index (χ1v) is 9.46. The molecule has 3 rings (SSSR count). The van der Waals surface area contributed by atoms with Crippen LogP contribution >= 0.6 is 11.6 Å². The maximum absolute atomic E-state index is 12.9. The summed E-state index contributed by atoms with van der Waals surface area (Å²) in [5.41, 5.74) is 2.50. The van der Waals surface area contributed by atoms with E-state index in [1.807, 2.05) is 37.2 Å². The summed E-state index contributed by atoms with van der Waals surface area (Å²) in [6.07, 6.45) is 1.31. The summed E-state index contributed by atoms with van der Waals surface area (Å²) < 4.78 is 5.51. The third kappa shape index (κ3) is 4.38. The van der Waals surface area contributed by atoms with Gasteiger partial charge in [-0.05, 0) is 48.7 Å². The van der Waals surface area contributed by atoms with Crippen LogP contribution in [0.1, 0.15) is 24.0 Å². The molecule has 2 amide bonds. The molecule has 0 radical (unpaired) electrons. The Balaban J connectivity index is 1.84. The number of nitrogens with zero attached hydrogens (tertiary/aromatic N) is 2. The molecule has 28 heavy (non-hydrogen) atoms. The van der Waals surface area contributed by atoms with Gasteiger partial charge in [0.1, 0.15) is 0 Å². The monoisotopic (exact) mass is 398 g/mol. The van der Waals surface area contributed by atoms with Crippen LogP contribution in [0.4, 0.5) is 16.2 Å². The van der Waals surface area contributed by atoms with Crippen LogP contribution < -0.4 is 15.5 Å². The van der Waals surface area contributed by atoms with Crippen molar-refractivity contribution in [3.8, 4) is 6.07 Å². The van der Waals surface area contributed by atoms with Crippen molar-refractivity contribution in [2.45, 2.75) is 18.4 Å². The van der Waals surface area contributed by atoms with E-state index >= 15 is 0 Å². The minimum Gasteiger partial charge on any atom is -0.381 e. The standard InChI is InChI=1S/C21H23ClN4O2/c1-26(2)19-8-7-17(22)13-18(19)24-20(27)25-21(9-11-28-12-10-21)16-5-3-15(14-23)4-6-16/h3-8,13H,9-12H2,1-2H3,(H2,24,25,27). The molecule has 2 N–H and O–H groups in total. The number of nitriles is 1. The van der Waals surface area contributed by atoms with Gasteiger partial charge in [-0.1, -0.05) is 23.7 Å². The Bertz CT molecular complexity index is 884. The van der Waals surface area contributed by atoms with Crippen LogP contribution in [0.15, 0.2) is 42.5 Å². The van der Waals surface area contributed by atoms with Crippen molar-refractivity contribution in [1.29, 1.82) is 5.26 Å². The van der Waals surface area contributed by atoms with E-state index in [4.69, 9.17) is 21.6 Å². The predicted molar refractivity (Wildman–Crippen MR) is 111 cm³/mol. The van der Waals surface area contributed by atoms with Gasteiger partial charge >= 0.3 is 6.03 Å². The van der Waals surface area contributed by atoms with Crippen molar-refractivity contribution < 1.29 is 9.53 Å². The average Bonchev–Trinajstić information content (AvgIpc) is 2.68. The number of benzene rings is 2. The van der Waals surface area contributed by atoms with Gasteiger partial charge in [-0.3, -0.25) is 0 Å². The highest BCUT2D eigenvalue weighted by Gasteiger charge is 2.36. The second-order valence-electron chi connectivity index (χ2n) is 7.02. The molecular formula is C21H23ClN4O2.